The molecule has 598 valence electrons. The summed E-state index contributed by atoms with van der Waals surface area (Å²) in [6, 6.07) is 96.8. The number of hydrogen-bond acceptors (Lipinski definition) is 9. The number of benzene rings is 9. The first-order valence-electron chi connectivity index (χ1n) is 41.4. The molecule has 0 aliphatic carbocycles. The number of hydrogen-bond donors (Lipinski definition) is 0. The second-order valence-corrected chi connectivity index (χ2v) is 18.7. The van der Waals surface area contributed by atoms with Crippen LogP contribution in [-0.4, -0.2) is 44.9 Å². The van der Waals surface area contributed by atoms with E-state index in [1.54, 1.807) is 0 Å². The molecular formula is C103H141N9. The van der Waals surface area contributed by atoms with E-state index in [-0.39, 0.29) is 0 Å². The maximum absolute atomic E-state index is 4.68. The molecule has 0 atom stereocenters. The summed E-state index contributed by atoms with van der Waals surface area (Å²) < 4.78 is 0. The molecule has 0 unspecified atom stereocenters. The summed E-state index contributed by atoms with van der Waals surface area (Å²) in [5.41, 5.74) is 6.12. The average Bonchev–Trinajstić information content (AvgIpc) is 0.803. The van der Waals surface area contributed by atoms with Gasteiger partial charge in [-0.25, -0.2) is 15.0 Å². The van der Waals surface area contributed by atoms with E-state index in [1.165, 1.54) is 48.5 Å². The molecule has 0 N–H and O–H groups in total. The molecule has 0 fully saturated rings. The van der Waals surface area contributed by atoms with Crippen LogP contribution in [0.5, 0.6) is 0 Å². The molecule has 16 aromatic rings. The molecule has 0 bridgehead atoms. The lowest BCUT2D eigenvalue weighted by atomic mass is 10.1. The fourth-order valence-corrected chi connectivity index (χ4v) is 8.65. The molecule has 112 heavy (non-hydrogen) atoms. The number of nitrogens with zero attached hydrogens (tertiary/aromatic N) is 9. The Morgan fingerprint density at radius 1 is 0.143 bits per heavy atom. The van der Waals surface area contributed by atoms with Crippen LogP contribution in [0.3, 0.4) is 0 Å². The van der Waals surface area contributed by atoms with E-state index < -0.39 is 0 Å². The minimum absolute atomic E-state index is 0.684. The van der Waals surface area contributed by atoms with Crippen LogP contribution in [0.15, 0.2) is 347 Å². The summed E-state index contributed by atoms with van der Waals surface area (Å²) in [4.78, 5) is 38.6. The van der Waals surface area contributed by atoms with Gasteiger partial charge in [0, 0.05) is 88.6 Å². The Kier molecular flexibility index (Phi) is 79.8. The average molecular weight is 1510 g/mol. The zero-order valence-electron chi connectivity index (χ0n) is 73.9. The Labute approximate surface area is 680 Å². The minimum Gasteiger partial charge on any atom is -0.264 e. The fraction of sp³-hybridized carbons (Fsp3) is 0.272. The zero-order chi connectivity index (χ0) is 85.1. The number of pyridine rings is 6. The molecule has 0 aliphatic heterocycles. The first kappa shape index (κ1) is 109. The lowest BCUT2D eigenvalue weighted by Crippen LogP contribution is -1.99. The van der Waals surface area contributed by atoms with Crippen molar-refractivity contribution in [1.82, 2.24) is 44.9 Å². The van der Waals surface area contributed by atoms with Crippen LogP contribution in [0.25, 0.3) is 99.2 Å². The van der Waals surface area contributed by atoms with Crippen molar-refractivity contribution in [3.8, 4) is 34.2 Å². The Morgan fingerprint density at radius 2 is 0.312 bits per heavy atom. The molecule has 0 spiro atoms. The molecule has 9 heteroatoms. The topological polar surface area (TPSA) is 116 Å². The fourth-order valence-electron chi connectivity index (χ4n) is 8.65. The third-order valence-corrected chi connectivity index (χ3v) is 12.9. The van der Waals surface area contributed by atoms with E-state index in [9.17, 15) is 0 Å². The van der Waals surface area contributed by atoms with E-state index in [2.05, 4.69) is 118 Å². The van der Waals surface area contributed by atoms with Crippen LogP contribution in [-0.2, 0) is 0 Å². The SMILES string of the molecule is CC.CC.CC.CC.CC.CC.CC.CC.CC.CC.CC.CC.CC.CC.c1ccc(-c2nc(-c3ccccc3)nc(-c3ccccc3)n2)cc1.c1ccc2cnccc2c1.c1ccc2cnccc2c1.c1ccc2cnccc2c1.c1ccc2ncccc2c1.c1ccc2ncccc2c1.c1ccc2ncccc2c1. The van der Waals surface area contributed by atoms with Crippen molar-refractivity contribution in [2.75, 3.05) is 0 Å². The summed E-state index contributed by atoms with van der Waals surface area (Å²) in [7, 11) is 0. The van der Waals surface area contributed by atoms with Gasteiger partial charge in [0.05, 0.1) is 16.6 Å². The van der Waals surface area contributed by atoms with E-state index in [1.807, 2.05) is 468 Å². The summed E-state index contributed by atoms with van der Waals surface area (Å²) in [6.07, 6.45) is 16.5. The highest BCUT2D eigenvalue weighted by Gasteiger charge is 2.11. The zero-order valence-corrected chi connectivity index (χ0v) is 73.9. The smallest absolute Gasteiger partial charge is 0.164 e. The molecule has 0 saturated heterocycles. The predicted molar refractivity (Wildman–Crippen MR) is 505 cm³/mol. The first-order valence-corrected chi connectivity index (χ1v) is 41.4. The lowest BCUT2D eigenvalue weighted by molar-refractivity contribution is 1.07. The minimum atomic E-state index is 0.684. The van der Waals surface area contributed by atoms with Crippen molar-refractivity contribution in [3.63, 3.8) is 0 Å². The van der Waals surface area contributed by atoms with Crippen LogP contribution in [0.1, 0.15) is 194 Å². The summed E-state index contributed by atoms with van der Waals surface area (Å²) >= 11 is 0. The van der Waals surface area contributed by atoms with Crippen molar-refractivity contribution < 1.29 is 0 Å². The Hall–Kier alpha value is -11.6. The third-order valence-electron chi connectivity index (χ3n) is 12.9. The van der Waals surface area contributed by atoms with Crippen LogP contribution in [0.2, 0.25) is 0 Å². The largest absolute Gasteiger partial charge is 0.264 e. The first-order chi connectivity index (χ1) is 55.7. The van der Waals surface area contributed by atoms with Crippen LogP contribution in [0, 0.1) is 0 Å². The highest BCUT2D eigenvalue weighted by molar-refractivity contribution is 5.83. The molecular weight excluding hydrogens is 1360 g/mol. The van der Waals surface area contributed by atoms with Gasteiger partial charge in [-0.3, -0.25) is 29.9 Å². The van der Waals surface area contributed by atoms with Gasteiger partial charge in [0.1, 0.15) is 0 Å². The standard InChI is InChI=1S/C21H15N3.6C9H7N.14C2H6/c1-4-10-16(11-5-1)19-22-20(17-12-6-2-7-13-17)24-21(23-19)18-14-8-3-9-15-18;3*1-2-6-9-8(4-1)5-3-7-10-9;3*1-2-4-9-7-10-6-5-8(9)3-1;14*1-2/h1-15H;6*1-7H;14*1-2H3. The number of rotatable bonds is 3. The summed E-state index contributed by atoms with van der Waals surface area (Å²) in [5, 5.41) is 10.9. The van der Waals surface area contributed by atoms with Crippen LogP contribution >= 0.6 is 0 Å². The lowest BCUT2D eigenvalue weighted by Gasteiger charge is -2.08. The second-order valence-electron chi connectivity index (χ2n) is 18.7. The molecule has 0 saturated carbocycles. The maximum atomic E-state index is 4.68. The molecule has 9 nitrogen and oxygen atoms in total. The molecule has 0 radical (unpaired) electrons. The van der Waals surface area contributed by atoms with Crippen LogP contribution < -0.4 is 0 Å². The Balaban J connectivity index is -0.000000386. The van der Waals surface area contributed by atoms with Crippen molar-refractivity contribution in [2.24, 2.45) is 0 Å². The number of fused-ring (bicyclic) bond motifs is 6. The van der Waals surface area contributed by atoms with Crippen molar-refractivity contribution >= 4 is 65.0 Å². The Bertz CT molecular complexity index is 3510. The van der Waals surface area contributed by atoms with Gasteiger partial charge in [0.25, 0.3) is 0 Å². The summed E-state index contributed by atoms with van der Waals surface area (Å²) in [6.45, 7) is 56.0. The van der Waals surface area contributed by atoms with Crippen molar-refractivity contribution in [1.29, 1.82) is 0 Å². The van der Waals surface area contributed by atoms with Gasteiger partial charge in [-0.1, -0.05) is 430 Å². The molecule has 7 heterocycles. The number of para-hydroxylation sites is 3. The predicted octanol–water partition coefficient (Wildman–Crippen LogP) is 32.6. The van der Waals surface area contributed by atoms with Gasteiger partial charge in [-0.05, 0) is 86.9 Å². The Morgan fingerprint density at radius 3 is 0.509 bits per heavy atom. The molecule has 9 aromatic carbocycles. The van der Waals surface area contributed by atoms with E-state index >= 15 is 0 Å². The van der Waals surface area contributed by atoms with E-state index in [0.29, 0.717) is 17.5 Å². The summed E-state index contributed by atoms with van der Waals surface area (Å²) in [5.74, 6) is 2.05. The van der Waals surface area contributed by atoms with E-state index in [0.717, 1.165) is 33.2 Å². The van der Waals surface area contributed by atoms with Gasteiger partial charge < -0.3 is 0 Å². The normalized spacial score (nSPS) is 8.36. The maximum Gasteiger partial charge on any atom is 0.164 e. The molecule has 0 amide bonds. The molecule has 7 aromatic heterocycles. The van der Waals surface area contributed by atoms with Crippen LogP contribution in [0.4, 0.5) is 0 Å². The van der Waals surface area contributed by atoms with Gasteiger partial charge in [-0.2, -0.15) is 0 Å². The van der Waals surface area contributed by atoms with E-state index in [4.69, 9.17) is 0 Å². The second kappa shape index (κ2) is 82.0. The van der Waals surface area contributed by atoms with Gasteiger partial charge >= 0.3 is 0 Å². The third kappa shape index (κ3) is 44.8. The molecule has 0 aliphatic rings. The number of aromatic nitrogens is 9. The highest BCUT2D eigenvalue weighted by atomic mass is 15.0. The monoisotopic (exact) mass is 1500 g/mol. The van der Waals surface area contributed by atoms with Gasteiger partial charge in [0.2, 0.25) is 0 Å². The quantitative estimate of drug-likeness (QED) is 0.170. The highest BCUT2D eigenvalue weighted by Crippen LogP contribution is 2.25. The van der Waals surface area contributed by atoms with Crippen molar-refractivity contribution in [3.05, 3.63) is 347 Å². The van der Waals surface area contributed by atoms with Gasteiger partial charge in [0.15, 0.2) is 17.5 Å². The molecule has 16 rings (SSSR count). The van der Waals surface area contributed by atoms with Gasteiger partial charge in [-0.15, -0.1) is 0 Å². The van der Waals surface area contributed by atoms with Crippen molar-refractivity contribution in [2.45, 2.75) is 194 Å².